The molecule has 0 radical (unpaired) electrons. The van der Waals surface area contributed by atoms with E-state index in [1.165, 1.54) is 18.4 Å². The summed E-state index contributed by atoms with van der Waals surface area (Å²) in [5.41, 5.74) is 2.15. The largest absolute Gasteiger partial charge is 0.364 e. The molecule has 2 atom stereocenters. The van der Waals surface area contributed by atoms with E-state index < -0.39 is 11.9 Å². The Morgan fingerprint density at radius 1 is 1.19 bits per heavy atom. The van der Waals surface area contributed by atoms with Crippen molar-refractivity contribution < 1.29 is 4.39 Å². The normalized spacial score (nSPS) is 21.8. The second kappa shape index (κ2) is 5.81. The van der Waals surface area contributed by atoms with Crippen LogP contribution in [-0.2, 0) is 0 Å². The predicted molar refractivity (Wildman–Crippen MR) is 101 cm³/mol. The van der Waals surface area contributed by atoms with Crippen molar-refractivity contribution in [2.24, 2.45) is 0 Å². The molecule has 1 heterocycles. The first-order valence-electron chi connectivity index (χ1n) is 8.84. The van der Waals surface area contributed by atoms with Crippen LogP contribution in [0.25, 0.3) is 16.6 Å². The van der Waals surface area contributed by atoms with E-state index in [0.29, 0.717) is 28.9 Å². The van der Waals surface area contributed by atoms with Crippen molar-refractivity contribution in [3.8, 4) is 5.69 Å². The number of para-hydroxylation sites is 1. The van der Waals surface area contributed by atoms with E-state index >= 15 is 0 Å². The molecule has 132 valence electrons. The van der Waals surface area contributed by atoms with Gasteiger partial charge >= 0.3 is 5.69 Å². The number of nitrogens with one attached hydrogen (secondary N) is 1. The van der Waals surface area contributed by atoms with E-state index in [4.69, 9.17) is 11.6 Å². The lowest BCUT2D eigenvalue weighted by Gasteiger charge is -2.15. The van der Waals surface area contributed by atoms with Gasteiger partial charge in [-0.25, -0.2) is 9.18 Å². The molecule has 0 amide bonds. The van der Waals surface area contributed by atoms with Crippen LogP contribution in [-0.4, -0.2) is 21.8 Å². The maximum absolute atomic E-state index is 13.3. The number of hydrogen-bond acceptors (Lipinski definition) is 3. The topological polar surface area (TPSA) is 46.9 Å². The zero-order chi connectivity index (χ0) is 17.8. The van der Waals surface area contributed by atoms with Gasteiger partial charge in [-0.15, -0.1) is 0 Å². The van der Waals surface area contributed by atoms with Crippen LogP contribution in [0.4, 0.5) is 10.2 Å². The molecule has 0 bridgehead atoms. The minimum Gasteiger partial charge on any atom is -0.364 e. The second-order valence-corrected chi connectivity index (χ2v) is 7.49. The number of benzene rings is 2. The first-order chi connectivity index (χ1) is 12.6. The fraction of sp³-hybridized carbons (Fsp3) is 0.300. The number of aromatic nitrogens is 2. The molecule has 1 aromatic heterocycles. The summed E-state index contributed by atoms with van der Waals surface area (Å²) in [4.78, 5) is 17.0. The highest BCUT2D eigenvalue weighted by Crippen LogP contribution is 2.41. The van der Waals surface area contributed by atoms with Crippen LogP contribution in [0.1, 0.15) is 30.7 Å². The number of halogens is 2. The Labute approximate surface area is 154 Å². The number of nitrogens with zero attached hydrogens (tertiary/aromatic N) is 2. The maximum atomic E-state index is 13.3. The second-order valence-electron chi connectivity index (χ2n) is 7.08. The average molecular weight is 370 g/mol. The zero-order valence-electron chi connectivity index (χ0n) is 14.0. The van der Waals surface area contributed by atoms with Crippen molar-refractivity contribution in [3.63, 3.8) is 0 Å². The Hall–Kier alpha value is -2.40. The Morgan fingerprint density at radius 2 is 1.96 bits per heavy atom. The predicted octanol–water partition coefficient (Wildman–Crippen LogP) is 4.44. The fourth-order valence-corrected chi connectivity index (χ4v) is 3.60. The minimum atomic E-state index is -0.872. The van der Waals surface area contributed by atoms with E-state index in [-0.39, 0.29) is 6.04 Å². The van der Waals surface area contributed by atoms with Gasteiger partial charge in [0.25, 0.3) is 0 Å². The molecule has 2 aromatic carbocycles. The van der Waals surface area contributed by atoms with Crippen LogP contribution in [0.5, 0.6) is 0 Å². The fourth-order valence-electron chi connectivity index (χ4n) is 3.38. The molecule has 2 saturated carbocycles. The van der Waals surface area contributed by atoms with Crippen LogP contribution in [0.15, 0.2) is 47.3 Å². The molecule has 0 saturated heterocycles. The molecule has 26 heavy (non-hydrogen) atoms. The Kier molecular flexibility index (Phi) is 3.54. The summed E-state index contributed by atoms with van der Waals surface area (Å²) in [6, 6.07) is 13.1. The summed E-state index contributed by atoms with van der Waals surface area (Å²) in [7, 11) is 0. The van der Waals surface area contributed by atoms with E-state index in [1.54, 1.807) is 16.7 Å². The number of hydrogen-bond donors (Lipinski definition) is 1. The van der Waals surface area contributed by atoms with Crippen molar-refractivity contribution in [1.29, 1.82) is 0 Å². The molecule has 4 nitrogen and oxygen atoms in total. The summed E-state index contributed by atoms with van der Waals surface area (Å²) in [5, 5.41) is 4.36. The lowest BCUT2D eigenvalue weighted by atomic mass is 10.1. The molecule has 3 aromatic rings. The van der Waals surface area contributed by atoms with Gasteiger partial charge in [-0.1, -0.05) is 29.8 Å². The van der Waals surface area contributed by atoms with Gasteiger partial charge in [-0.2, -0.15) is 4.98 Å². The molecular weight excluding hydrogens is 353 g/mol. The standard InChI is InChI=1S/C20H17ClFN3O/c21-14-3-1-2-4-17(14)25-18-9-12(11-5-6-11)7-8-13(18)19(24-20(25)26)23-16-10-15(16)22/h1-4,7-9,11,15-16H,5-6,10H2,(H,23,24,26)/t15-,16+/m1/s1. The molecule has 2 aliphatic rings. The van der Waals surface area contributed by atoms with Crippen molar-refractivity contribution in [3.05, 3.63) is 63.5 Å². The van der Waals surface area contributed by atoms with Crippen molar-refractivity contribution >= 4 is 28.3 Å². The van der Waals surface area contributed by atoms with E-state index in [9.17, 15) is 9.18 Å². The third-order valence-corrected chi connectivity index (χ3v) is 5.41. The Balaban J connectivity index is 1.76. The lowest BCUT2D eigenvalue weighted by molar-refractivity contribution is 0.472. The van der Waals surface area contributed by atoms with Gasteiger partial charge in [0, 0.05) is 11.8 Å². The summed E-state index contributed by atoms with van der Waals surface area (Å²) >= 11 is 6.35. The number of rotatable bonds is 4. The first kappa shape index (κ1) is 15.8. The van der Waals surface area contributed by atoms with Gasteiger partial charge in [0.15, 0.2) is 0 Å². The smallest absolute Gasteiger partial charge is 0.354 e. The van der Waals surface area contributed by atoms with Crippen molar-refractivity contribution in [2.75, 3.05) is 5.32 Å². The van der Waals surface area contributed by atoms with Gasteiger partial charge in [-0.05, 0) is 48.6 Å². The highest BCUT2D eigenvalue weighted by atomic mass is 35.5. The number of alkyl halides is 1. The monoisotopic (exact) mass is 369 g/mol. The lowest BCUT2D eigenvalue weighted by Crippen LogP contribution is -2.24. The van der Waals surface area contributed by atoms with Crippen LogP contribution in [0.2, 0.25) is 5.02 Å². The van der Waals surface area contributed by atoms with Crippen LogP contribution in [0, 0.1) is 0 Å². The van der Waals surface area contributed by atoms with Gasteiger partial charge in [-0.3, -0.25) is 4.57 Å². The van der Waals surface area contributed by atoms with Crippen LogP contribution in [0.3, 0.4) is 0 Å². The zero-order valence-corrected chi connectivity index (χ0v) is 14.7. The molecule has 2 fully saturated rings. The summed E-state index contributed by atoms with van der Waals surface area (Å²) in [5.74, 6) is 0.998. The van der Waals surface area contributed by atoms with Gasteiger partial charge in [0.05, 0.1) is 22.3 Å². The van der Waals surface area contributed by atoms with Gasteiger partial charge < -0.3 is 5.32 Å². The summed E-state index contributed by atoms with van der Waals surface area (Å²) in [6.45, 7) is 0. The minimum absolute atomic E-state index is 0.260. The Morgan fingerprint density at radius 3 is 2.65 bits per heavy atom. The number of fused-ring (bicyclic) bond motifs is 1. The molecular formula is C20H17ClFN3O. The highest BCUT2D eigenvalue weighted by Gasteiger charge is 2.38. The van der Waals surface area contributed by atoms with Crippen molar-refractivity contribution in [2.45, 2.75) is 37.4 Å². The van der Waals surface area contributed by atoms with Crippen LogP contribution >= 0.6 is 11.6 Å². The highest BCUT2D eigenvalue weighted by molar-refractivity contribution is 6.32. The first-order valence-corrected chi connectivity index (χ1v) is 9.22. The van der Waals surface area contributed by atoms with Gasteiger partial charge in [0.2, 0.25) is 0 Å². The van der Waals surface area contributed by atoms with Crippen molar-refractivity contribution in [1.82, 2.24) is 9.55 Å². The Bertz CT molecular complexity index is 1080. The average Bonchev–Trinajstić information content (AvgIpc) is 3.54. The van der Waals surface area contributed by atoms with Crippen LogP contribution < -0.4 is 11.0 Å². The van der Waals surface area contributed by atoms with E-state index in [2.05, 4.69) is 16.4 Å². The van der Waals surface area contributed by atoms with E-state index in [1.807, 2.05) is 24.3 Å². The summed E-state index contributed by atoms with van der Waals surface area (Å²) < 4.78 is 14.9. The third kappa shape index (κ3) is 2.67. The molecule has 6 heteroatoms. The molecule has 2 aliphatic carbocycles. The summed E-state index contributed by atoms with van der Waals surface area (Å²) in [6.07, 6.45) is 1.92. The molecule has 5 rings (SSSR count). The number of anilines is 1. The van der Waals surface area contributed by atoms with Gasteiger partial charge in [0.1, 0.15) is 12.0 Å². The SMILES string of the molecule is O=c1nc(N[C@H]2C[C@H]2F)c2ccc(C3CC3)cc2n1-c1ccccc1Cl. The molecule has 0 aliphatic heterocycles. The molecule has 0 spiro atoms. The third-order valence-electron chi connectivity index (χ3n) is 5.09. The molecule has 1 N–H and O–H groups in total. The van der Waals surface area contributed by atoms with E-state index in [0.717, 1.165) is 10.9 Å². The molecule has 0 unspecified atom stereocenters. The maximum Gasteiger partial charge on any atom is 0.354 e. The quantitative estimate of drug-likeness (QED) is 0.739.